The maximum Gasteiger partial charge on any atom is 0.312 e. The summed E-state index contributed by atoms with van der Waals surface area (Å²) in [5.41, 5.74) is 0.745. The molecule has 0 bridgehead atoms. The van der Waals surface area contributed by atoms with Crippen molar-refractivity contribution in [2.75, 3.05) is 13.2 Å². The van der Waals surface area contributed by atoms with E-state index < -0.39 is 5.41 Å². The Hall–Kier alpha value is -1.84. The highest BCUT2D eigenvalue weighted by Crippen LogP contribution is 2.56. The first-order valence-corrected chi connectivity index (χ1v) is 8.10. The van der Waals surface area contributed by atoms with Crippen molar-refractivity contribution in [1.29, 1.82) is 0 Å². The van der Waals surface area contributed by atoms with Gasteiger partial charge in [0.15, 0.2) is 0 Å². The van der Waals surface area contributed by atoms with Crippen molar-refractivity contribution in [3.8, 4) is 0 Å². The number of hydrogen-bond acceptors (Lipinski definition) is 3. The Morgan fingerprint density at radius 3 is 2.64 bits per heavy atom. The molecule has 3 rings (SSSR count). The summed E-state index contributed by atoms with van der Waals surface area (Å²) in [4.78, 5) is 26.6. The normalized spacial score (nSPS) is 24.2. The van der Waals surface area contributed by atoms with Crippen molar-refractivity contribution >= 4 is 11.9 Å². The van der Waals surface area contributed by atoms with Gasteiger partial charge in [0.25, 0.3) is 0 Å². The van der Waals surface area contributed by atoms with E-state index in [1.807, 2.05) is 42.2 Å². The van der Waals surface area contributed by atoms with Gasteiger partial charge in [-0.25, -0.2) is 0 Å². The third kappa shape index (κ3) is 2.51. The van der Waals surface area contributed by atoms with Gasteiger partial charge in [-0.05, 0) is 32.3 Å². The van der Waals surface area contributed by atoms with Gasteiger partial charge in [-0.1, -0.05) is 30.3 Å². The predicted octanol–water partition coefficient (Wildman–Crippen LogP) is 2.94. The first-order chi connectivity index (χ1) is 10.6. The van der Waals surface area contributed by atoms with Crippen LogP contribution >= 0.6 is 0 Å². The zero-order valence-corrected chi connectivity index (χ0v) is 13.2. The Kier molecular flexibility index (Phi) is 3.94. The second-order valence-electron chi connectivity index (χ2n) is 6.41. The van der Waals surface area contributed by atoms with Crippen molar-refractivity contribution in [2.45, 2.75) is 39.2 Å². The largest absolute Gasteiger partial charge is 0.466 e. The molecule has 118 valence electrons. The lowest BCUT2D eigenvalue weighted by Crippen LogP contribution is -2.32. The van der Waals surface area contributed by atoms with Crippen LogP contribution in [0, 0.1) is 11.3 Å². The number of ether oxygens (including phenoxy) is 1. The zero-order valence-electron chi connectivity index (χ0n) is 13.2. The van der Waals surface area contributed by atoms with Crippen molar-refractivity contribution in [3.05, 3.63) is 35.9 Å². The molecule has 0 unspecified atom stereocenters. The fourth-order valence-electron chi connectivity index (χ4n) is 3.58. The highest BCUT2D eigenvalue weighted by atomic mass is 16.5. The summed E-state index contributed by atoms with van der Waals surface area (Å²) in [6.07, 6.45) is 2.19. The SMILES string of the molecule is CCOC(=O)C1([C@@H]2CC(=O)N([C@@H](C)c3ccccc3)C2)CC1. The van der Waals surface area contributed by atoms with Gasteiger partial charge in [0.05, 0.1) is 18.1 Å². The van der Waals surface area contributed by atoms with Crippen LogP contribution in [-0.2, 0) is 14.3 Å². The number of nitrogens with zero attached hydrogens (tertiary/aromatic N) is 1. The number of amides is 1. The Morgan fingerprint density at radius 2 is 2.05 bits per heavy atom. The van der Waals surface area contributed by atoms with Crippen LogP contribution in [0.3, 0.4) is 0 Å². The molecule has 4 nitrogen and oxygen atoms in total. The van der Waals surface area contributed by atoms with E-state index in [4.69, 9.17) is 4.74 Å². The van der Waals surface area contributed by atoms with Crippen LogP contribution in [0.15, 0.2) is 30.3 Å². The Labute approximate surface area is 131 Å². The van der Waals surface area contributed by atoms with Crippen LogP contribution in [-0.4, -0.2) is 29.9 Å². The van der Waals surface area contributed by atoms with Crippen LogP contribution in [0.25, 0.3) is 0 Å². The summed E-state index contributed by atoms with van der Waals surface area (Å²) in [6.45, 7) is 4.95. The van der Waals surface area contributed by atoms with Gasteiger partial charge in [0, 0.05) is 18.9 Å². The van der Waals surface area contributed by atoms with E-state index in [9.17, 15) is 9.59 Å². The predicted molar refractivity (Wildman–Crippen MR) is 83.0 cm³/mol. The molecule has 0 radical (unpaired) electrons. The summed E-state index contributed by atoms with van der Waals surface area (Å²) in [6, 6.07) is 10.1. The van der Waals surface area contributed by atoms with E-state index in [-0.39, 0.29) is 23.8 Å². The smallest absolute Gasteiger partial charge is 0.312 e. The van der Waals surface area contributed by atoms with Crippen LogP contribution in [0.2, 0.25) is 0 Å². The Balaban J connectivity index is 1.73. The topological polar surface area (TPSA) is 46.6 Å². The van der Waals surface area contributed by atoms with Gasteiger partial charge in [-0.15, -0.1) is 0 Å². The lowest BCUT2D eigenvalue weighted by molar-refractivity contribution is -0.151. The number of rotatable bonds is 5. The third-order valence-electron chi connectivity index (χ3n) is 5.16. The second-order valence-corrected chi connectivity index (χ2v) is 6.41. The monoisotopic (exact) mass is 301 g/mol. The zero-order chi connectivity index (χ0) is 15.7. The van der Waals surface area contributed by atoms with Gasteiger partial charge < -0.3 is 9.64 Å². The quantitative estimate of drug-likeness (QED) is 0.786. The Morgan fingerprint density at radius 1 is 1.36 bits per heavy atom. The summed E-state index contributed by atoms with van der Waals surface area (Å²) in [5, 5.41) is 0. The maximum atomic E-state index is 12.4. The van der Waals surface area contributed by atoms with Gasteiger partial charge in [-0.3, -0.25) is 9.59 Å². The summed E-state index contributed by atoms with van der Waals surface area (Å²) >= 11 is 0. The molecule has 2 fully saturated rings. The minimum Gasteiger partial charge on any atom is -0.466 e. The lowest BCUT2D eigenvalue weighted by atomic mass is 9.88. The molecule has 4 heteroatoms. The van der Waals surface area contributed by atoms with Gasteiger partial charge in [0.1, 0.15) is 0 Å². The Bertz CT molecular complexity index is 565. The molecular weight excluding hydrogens is 278 g/mol. The highest BCUT2D eigenvalue weighted by molar-refractivity contribution is 5.85. The molecular formula is C18H23NO3. The molecule has 1 saturated carbocycles. The molecule has 1 aromatic carbocycles. The molecule has 1 amide bonds. The van der Waals surface area contributed by atoms with Crippen LogP contribution in [0.1, 0.15) is 44.7 Å². The standard InChI is InChI=1S/C18H23NO3/c1-3-22-17(21)18(9-10-18)15-11-16(20)19(12-15)13(2)14-7-5-4-6-8-14/h4-8,13,15H,3,9-12H2,1-2H3/t13-,15+/m0/s1. The van der Waals surface area contributed by atoms with Crippen molar-refractivity contribution < 1.29 is 14.3 Å². The fraction of sp³-hybridized carbons (Fsp3) is 0.556. The number of carbonyl (C=O) groups excluding carboxylic acids is 2. The van der Waals surface area contributed by atoms with Crippen LogP contribution in [0.4, 0.5) is 0 Å². The molecule has 22 heavy (non-hydrogen) atoms. The number of benzene rings is 1. The molecule has 2 atom stereocenters. The van der Waals surface area contributed by atoms with Gasteiger partial charge >= 0.3 is 5.97 Å². The van der Waals surface area contributed by atoms with Crippen LogP contribution in [0.5, 0.6) is 0 Å². The molecule has 1 heterocycles. The molecule has 1 aliphatic carbocycles. The first kappa shape index (κ1) is 15.1. The minimum atomic E-state index is -0.392. The minimum absolute atomic E-state index is 0.0525. The molecule has 0 spiro atoms. The second kappa shape index (κ2) is 5.75. The van der Waals surface area contributed by atoms with Gasteiger partial charge in [0.2, 0.25) is 5.91 Å². The lowest BCUT2D eigenvalue weighted by Gasteiger charge is -2.26. The van der Waals surface area contributed by atoms with Crippen molar-refractivity contribution in [2.24, 2.45) is 11.3 Å². The molecule has 2 aliphatic rings. The van der Waals surface area contributed by atoms with E-state index in [0.29, 0.717) is 19.6 Å². The van der Waals surface area contributed by atoms with Gasteiger partial charge in [-0.2, -0.15) is 0 Å². The average Bonchev–Trinajstić information content (AvgIpc) is 3.25. The molecule has 1 aliphatic heterocycles. The van der Waals surface area contributed by atoms with E-state index in [2.05, 4.69) is 6.92 Å². The van der Waals surface area contributed by atoms with E-state index in [0.717, 1.165) is 18.4 Å². The highest BCUT2D eigenvalue weighted by Gasteiger charge is 2.59. The van der Waals surface area contributed by atoms with Crippen molar-refractivity contribution in [3.63, 3.8) is 0 Å². The summed E-state index contributed by atoms with van der Waals surface area (Å²) in [7, 11) is 0. The van der Waals surface area contributed by atoms with E-state index in [1.165, 1.54) is 0 Å². The number of esters is 1. The maximum absolute atomic E-state index is 12.4. The molecule has 1 saturated heterocycles. The van der Waals surface area contributed by atoms with E-state index >= 15 is 0 Å². The van der Waals surface area contributed by atoms with Crippen LogP contribution < -0.4 is 0 Å². The number of likely N-dealkylation sites (tertiary alicyclic amines) is 1. The summed E-state index contributed by atoms with van der Waals surface area (Å²) in [5.74, 6) is 0.143. The number of hydrogen-bond donors (Lipinski definition) is 0. The third-order valence-corrected chi connectivity index (χ3v) is 5.16. The van der Waals surface area contributed by atoms with Crippen molar-refractivity contribution in [1.82, 2.24) is 4.90 Å². The molecule has 0 aromatic heterocycles. The van der Waals surface area contributed by atoms with E-state index in [1.54, 1.807) is 0 Å². The molecule has 0 N–H and O–H groups in total. The average molecular weight is 301 g/mol. The summed E-state index contributed by atoms with van der Waals surface area (Å²) < 4.78 is 5.23. The first-order valence-electron chi connectivity index (χ1n) is 8.10. The molecule has 1 aromatic rings. The fourth-order valence-corrected chi connectivity index (χ4v) is 3.58. The number of carbonyl (C=O) groups is 2.